The van der Waals surface area contributed by atoms with Gasteiger partial charge in [-0.1, -0.05) is 24.3 Å². The lowest BCUT2D eigenvalue weighted by atomic mass is 9.96. The Bertz CT molecular complexity index is 772. The largest absolute Gasteiger partial charge is 0.384 e. The first-order valence-electron chi connectivity index (χ1n) is 8.53. The average Bonchev–Trinajstić information content (AvgIpc) is 3.08. The third-order valence-corrected chi connectivity index (χ3v) is 4.68. The van der Waals surface area contributed by atoms with Crippen LogP contribution in [0.3, 0.4) is 0 Å². The van der Waals surface area contributed by atoms with E-state index in [1.165, 1.54) is 0 Å². The fourth-order valence-electron chi connectivity index (χ4n) is 3.27. The monoisotopic (exact) mass is 339 g/mol. The molecule has 25 heavy (non-hydrogen) atoms. The molecule has 7 heteroatoms. The van der Waals surface area contributed by atoms with E-state index in [4.69, 9.17) is 10.5 Å². The second-order valence-corrected chi connectivity index (χ2v) is 6.40. The zero-order valence-electron chi connectivity index (χ0n) is 13.9. The number of anilines is 2. The highest BCUT2D eigenvalue weighted by Crippen LogP contribution is 2.27. The number of aromatic nitrogens is 2. The number of nitrogens with two attached hydrogens (primary N) is 1. The molecule has 2 saturated heterocycles. The van der Waals surface area contributed by atoms with E-state index in [0.717, 1.165) is 29.9 Å². The van der Waals surface area contributed by atoms with Crippen molar-refractivity contribution >= 4 is 17.7 Å². The Labute approximate surface area is 146 Å². The lowest BCUT2D eigenvalue weighted by molar-refractivity contribution is -0.119. The van der Waals surface area contributed by atoms with Crippen LogP contribution in [-0.4, -0.2) is 48.7 Å². The molecule has 130 valence electrons. The molecule has 0 bridgehead atoms. The van der Waals surface area contributed by atoms with Gasteiger partial charge in [0, 0.05) is 43.6 Å². The molecule has 2 aliphatic heterocycles. The predicted octanol–water partition coefficient (Wildman–Crippen LogP) is 1.17. The minimum Gasteiger partial charge on any atom is -0.384 e. The van der Waals surface area contributed by atoms with Crippen LogP contribution in [0.1, 0.15) is 17.9 Å². The van der Waals surface area contributed by atoms with Crippen LogP contribution in [-0.2, 0) is 9.53 Å². The van der Waals surface area contributed by atoms with Crippen molar-refractivity contribution in [3.8, 4) is 11.3 Å². The number of ether oxygens (including phenoxy) is 1. The number of carbonyl (C=O) groups is 1. The Morgan fingerprint density at radius 1 is 1.16 bits per heavy atom. The third-order valence-electron chi connectivity index (χ3n) is 4.68. The summed E-state index contributed by atoms with van der Waals surface area (Å²) < 4.78 is 5.38. The molecule has 2 aliphatic rings. The van der Waals surface area contributed by atoms with Crippen LogP contribution in [0.25, 0.3) is 11.3 Å². The van der Waals surface area contributed by atoms with Gasteiger partial charge in [0.25, 0.3) is 0 Å². The summed E-state index contributed by atoms with van der Waals surface area (Å²) in [6.07, 6.45) is 0.557. The van der Waals surface area contributed by atoms with Crippen molar-refractivity contribution in [3.63, 3.8) is 0 Å². The highest BCUT2D eigenvalue weighted by Gasteiger charge is 2.23. The van der Waals surface area contributed by atoms with Gasteiger partial charge in [-0.15, -0.1) is 0 Å². The van der Waals surface area contributed by atoms with Crippen molar-refractivity contribution in [1.82, 2.24) is 15.3 Å². The lowest BCUT2D eigenvalue weighted by Crippen LogP contribution is -2.37. The van der Waals surface area contributed by atoms with Gasteiger partial charge in [-0.05, 0) is 5.56 Å². The molecule has 4 rings (SSSR count). The summed E-state index contributed by atoms with van der Waals surface area (Å²) in [5.41, 5.74) is 8.95. The molecule has 3 heterocycles. The maximum absolute atomic E-state index is 11.4. The van der Waals surface area contributed by atoms with E-state index >= 15 is 0 Å². The molecule has 1 unspecified atom stereocenters. The molecule has 7 nitrogen and oxygen atoms in total. The number of morpholine rings is 1. The summed E-state index contributed by atoms with van der Waals surface area (Å²) in [6.45, 7) is 3.60. The van der Waals surface area contributed by atoms with Crippen LogP contribution >= 0.6 is 0 Å². The normalized spacial score (nSPS) is 20.6. The number of hydrogen-bond acceptors (Lipinski definition) is 6. The van der Waals surface area contributed by atoms with Gasteiger partial charge in [-0.3, -0.25) is 4.79 Å². The van der Waals surface area contributed by atoms with Crippen LogP contribution < -0.4 is 16.0 Å². The maximum Gasteiger partial charge on any atom is 0.228 e. The zero-order chi connectivity index (χ0) is 17.2. The molecule has 0 saturated carbocycles. The minimum absolute atomic E-state index is 0.118. The Morgan fingerprint density at radius 2 is 1.92 bits per heavy atom. The number of benzene rings is 1. The van der Waals surface area contributed by atoms with Gasteiger partial charge in [0.05, 0.1) is 18.9 Å². The topological polar surface area (TPSA) is 93.4 Å². The van der Waals surface area contributed by atoms with E-state index in [1.807, 2.05) is 12.1 Å². The number of nitrogen functional groups attached to an aromatic ring is 1. The quantitative estimate of drug-likeness (QED) is 0.872. The predicted molar refractivity (Wildman–Crippen MR) is 95.3 cm³/mol. The van der Waals surface area contributed by atoms with E-state index in [0.29, 0.717) is 37.9 Å². The lowest BCUT2D eigenvalue weighted by Gasteiger charge is -2.27. The van der Waals surface area contributed by atoms with E-state index < -0.39 is 0 Å². The molecule has 0 aliphatic carbocycles. The molecule has 2 aromatic rings. The SMILES string of the molecule is Nc1cc(-c2ccc(C3CNC(=O)C3)cc2)nc(N2CCOCC2)n1. The van der Waals surface area contributed by atoms with Gasteiger partial charge in [-0.25, -0.2) is 4.98 Å². The Kier molecular flexibility index (Phi) is 4.23. The average molecular weight is 339 g/mol. The van der Waals surface area contributed by atoms with Gasteiger partial charge < -0.3 is 20.7 Å². The number of amides is 1. The van der Waals surface area contributed by atoms with Gasteiger partial charge in [0.2, 0.25) is 11.9 Å². The van der Waals surface area contributed by atoms with Crippen LogP contribution in [0.5, 0.6) is 0 Å². The molecule has 2 fully saturated rings. The number of rotatable bonds is 3. The van der Waals surface area contributed by atoms with E-state index in [2.05, 4.69) is 32.3 Å². The van der Waals surface area contributed by atoms with Gasteiger partial charge >= 0.3 is 0 Å². The number of nitrogens with zero attached hydrogens (tertiary/aromatic N) is 3. The van der Waals surface area contributed by atoms with Crippen molar-refractivity contribution in [2.24, 2.45) is 0 Å². The van der Waals surface area contributed by atoms with Crippen LogP contribution in [0.2, 0.25) is 0 Å². The summed E-state index contributed by atoms with van der Waals surface area (Å²) in [4.78, 5) is 22.5. The molecule has 3 N–H and O–H groups in total. The maximum atomic E-state index is 11.4. The van der Waals surface area contributed by atoms with Crippen molar-refractivity contribution in [2.75, 3.05) is 43.5 Å². The summed E-state index contributed by atoms with van der Waals surface area (Å²) in [6, 6.07) is 9.98. The fourth-order valence-corrected chi connectivity index (χ4v) is 3.27. The smallest absolute Gasteiger partial charge is 0.228 e. The second kappa shape index (κ2) is 6.68. The highest BCUT2D eigenvalue weighted by molar-refractivity contribution is 5.79. The standard InChI is InChI=1S/C18H21N5O2/c19-16-10-15(21-18(22-16)23-5-7-25-8-6-23)13-3-1-12(2-4-13)14-9-17(24)20-11-14/h1-4,10,14H,5-9,11H2,(H,20,24)(H2,19,21,22). The molecule has 1 amide bonds. The Balaban J connectivity index is 1.58. The van der Waals surface area contributed by atoms with Gasteiger partial charge in [0.15, 0.2) is 0 Å². The van der Waals surface area contributed by atoms with E-state index in [9.17, 15) is 4.79 Å². The summed E-state index contributed by atoms with van der Waals surface area (Å²) in [7, 11) is 0. The van der Waals surface area contributed by atoms with Crippen molar-refractivity contribution in [3.05, 3.63) is 35.9 Å². The van der Waals surface area contributed by atoms with Crippen LogP contribution in [0.4, 0.5) is 11.8 Å². The van der Waals surface area contributed by atoms with Gasteiger partial charge in [-0.2, -0.15) is 4.98 Å². The Hall–Kier alpha value is -2.67. The summed E-state index contributed by atoms with van der Waals surface area (Å²) >= 11 is 0. The molecule has 1 aromatic carbocycles. The highest BCUT2D eigenvalue weighted by atomic mass is 16.5. The molecular formula is C18H21N5O2. The van der Waals surface area contributed by atoms with Crippen LogP contribution in [0.15, 0.2) is 30.3 Å². The first-order chi connectivity index (χ1) is 12.2. The van der Waals surface area contributed by atoms with Gasteiger partial charge in [0.1, 0.15) is 5.82 Å². The molecule has 0 radical (unpaired) electrons. The first kappa shape index (κ1) is 15.8. The molecule has 1 atom stereocenters. The zero-order valence-corrected chi connectivity index (χ0v) is 13.9. The van der Waals surface area contributed by atoms with E-state index in [1.54, 1.807) is 6.07 Å². The fraction of sp³-hybridized carbons (Fsp3) is 0.389. The summed E-state index contributed by atoms with van der Waals surface area (Å²) in [5.74, 6) is 1.47. The minimum atomic E-state index is 0.118. The second-order valence-electron chi connectivity index (χ2n) is 6.40. The number of carbonyl (C=O) groups excluding carboxylic acids is 1. The number of hydrogen-bond donors (Lipinski definition) is 2. The summed E-state index contributed by atoms with van der Waals surface area (Å²) in [5, 5.41) is 2.87. The first-order valence-corrected chi connectivity index (χ1v) is 8.53. The van der Waals surface area contributed by atoms with Crippen molar-refractivity contribution < 1.29 is 9.53 Å². The van der Waals surface area contributed by atoms with Crippen molar-refractivity contribution in [2.45, 2.75) is 12.3 Å². The Morgan fingerprint density at radius 3 is 2.60 bits per heavy atom. The molecular weight excluding hydrogens is 318 g/mol. The van der Waals surface area contributed by atoms with Crippen LogP contribution in [0, 0.1) is 0 Å². The number of nitrogens with one attached hydrogen (secondary N) is 1. The van der Waals surface area contributed by atoms with E-state index in [-0.39, 0.29) is 11.8 Å². The third kappa shape index (κ3) is 3.41. The van der Waals surface area contributed by atoms with Crippen molar-refractivity contribution in [1.29, 1.82) is 0 Å². The molecule has 0 spiro atoms. The molecule has 1 aromatic heterocycles.